The summed E-state index contributed by atoms with van der Waals surface area (Å²) in [6.45, 7) is 0. The average Bonchev–Trinajstić information content (AvgIpc) is 2.17. The topological polar surface area (TPSA) is 46.5 Å². The Bertz CT molecular complexity index is 385. The molecule has 1 aromatic rings. The first kappa shape index (κ1) is 11.2. The SMILES string of the molecule is COc1ccc(F)cc1C/C=C/C(=O)O. The largest absolute Gasteiger partial charge is 0.496 e. The van der Waals surface area contributed by atoms with Crippen LogP contribution in [0.2, 0.25) is 0 Å². The molecule has 0 bridgehead atoms. The van der Waals surface area contributed by atoms with Gasteiger partial charge in [0.15, 0.2) is 0 Å². The normalized spacial score (nSPS) is 10.5. The second-order valence-electron chi connectivity index (χ2n) is 2.90. The van der Waals surface area contributed by atoms with Crippen LogP contribution in [0.5, 0.6) is 5.75 Å². The number of hydrogen-bond donors (Lipinski definition) is 1. The van der Waals surface area contributed by atoms with Gasteiger partial charge < -0.3 is 9.84 Å². The molecule has 0 aliphatic heterocycles. The van der Waals surface area contributed by atoms with Crippen LogP contribution in [-0.4, -0.2) is 18.2 Å². The van der Waals surface area contributed by atoms with Crippen LogP contribution in [-0.2, 0) is 11.2 Å². The zero-order chi connectivity index (χ0) is 11.3. The van der Waals surface area contributed by atoms with Gasteiger partial charge in [-0.3, -0.25) is 0 Å². The molecule has 0 spiro atoms. The van der Waals surface area contributed by atoms with Gasteiger partial charge in [-0.25, -0.2) is 9.18 Å². The van der Waals surface area contributed by atoms with E-state index < -0.39 is 5.97 Å². The van der Waals surface area contributed by atoms with E-state index in [4.69, 9.17) is 9.84 Å². The molecule has 0 unspecified atom stereocenters. The van der Waals surface area contributed by atoms with Gasteiger partial charge in [-0.05, 0) is 24.6 Å². The van der Waals surface area contributed by atoms with E-state index in [0.29, 0.717) is 17.7 Å². The Morgan fingerprint density at radius 3 is 2.93 bits per heavy atom. The summed E-state index contributed by atoms with van der Waals surface area (Å²) in [6.07, 6.45) is 2.79. The first-order valence-electron chi connectivity index (χ1n) is 4.35. The van der Waals surface area contributed by atoms with Gasteiger partial charge >= 0.3 is 5.97 Å². The summed E-state index contributed by atoms with van der Waals surface area (Å²) in [5.74, 6) is -0.841. The highest BCUT2D eigenvalue weighted by atomic mass is 19.1. The number of carbonyl (C=O) groups is 1. The van der Waals surface area contributed by atoms with E-state index in [1.165, 1.54) is 31.4 Å². The molecule has 0 amide bonds. The highest BCUT2D eigenvalue weighted by Gasteiger charge is 2.02. The molecule has 3 nitrogen and oxygen atoms in total. The van der Waals surface area contributed by atoms with E-state index in [2.05, 4.69) is 0 Å². The molecule has 0 atom stereocenters. The number of hydrogen-bond acceptors (Lipinski definition) is 2. The monoisotopic (exact) mass is 210 g/mol. The van der Waals surface area contributed by atoms with Crippen LogP contribution in [0.25, 0.3) is 0 Å². The van der Waals surface area contributed by atoms with Gasteiger partial charge in [0.1, 0.15) is 11.6 Å². The Morgan fingerprint density at radius 2 is 2.33 bits per heavy atom. The Morgan fingerprint density at radius 1 is 1.60 bits per heavy atom. The maximum atomic E-state index is 12.9. The lowest BCUT2D eigenvalue weighted by Gasteiger charge is -2.05. The lowest BCUT2D eigenvalue weighted by atomic mass is 10.1. The van der Waals surface area contributed by atoms with Crippen molar-refractivity contribution in [2.45, 2.75) is 6.42 Å². The number of benzene rings is 1. The molecular weight excluding hydrogens is 199 g/mol. The van der Waals surface area contributed by atoms with Crippen molar-refractivity contribution in [1.82, 2.24) is 0 Å². The number of aliphatic carboxylic acids is 1. The molecule has 15 heavy (non-hydrogen) atoms. The summed E-state index contributed by atoms with van der Waals surface area (Å²) in [6, 6.07) is 4.13. The van der Waals surface area contributed by atoms with Crippen molar-refractivity contribution >= 4 is 5.97 Å². The minimum atomic E-state index is -1.02. The fourth-order valence-electron chi connectivity index (χ4n) is 1.19. The molecule has 0 radical (unpaired) electrons. The molecule has 0 saturated carbocycles. The summed E-state index contributed by atoms with van der Waals surface area (Å²) in [4.78, 5) is 10.2. The van der Waals surface area contributed by atoms with Crippen molar-refractivity contribution in [2.75, 3.05) is 7.11 Å². The van der Waals surface area contributed by atoms with Gasteiger partial charge in [0, 0.05) is 11.6 Å². The lowest BCUT2D eigenvalue weighted by molar-refractivity contribution is -0.131. The third-order valence-corrected chi connectivity index (χ3v) is 1.84. The van der Waals surface area contributed by atoms with Crippen LogP contribution < -0.4 is 4.74 Å². The highest BCUT2D eigenvalue weighted by Crippen LogP contribution is 2.19. The van der Waals surface area contributed by atoms with Crippen molar-refractivity contribution < 1.29 is 19.0 Å². The molecular formula is C11H11FO3. The summed E-state index contributed by atoms with van der Waals surface area (Å²) in [5, 5.41) is 8.38. The highest BCUT2D eigenvalue weighted by molar-refractivity contribution is 5.79. The minimum absolute atomic E-state index is 0.327. The van der Waals surface area contributed by atoms with Crippen LogP contribution in [0.3, 0.4) is 0 Å². The van der Waals surface area contributed by atoms with Gasteiger partial charge in [-0.1, -0.05) is 6.08 Å². The quantitative estimate of drug-likeness (QED) is 0.773. The van der Waals surface area contributed by atoms with Crippen molar-refractivity contribution in [3.8, 4) is 5.75 Å². The predicted octanol–water partition coefficient (Wildman–Crippen LogP) is 2.02. The molecule has 80 valence electrons. The molecule has 1 rings (SSSR count). The van der Waals surface area contributed by atoms with E-state index in [0.717, 1.165) is 6.08 Å². The summed E-state index contributed by atoms with van der Waals surface area (Å²) < 4.78 is 17.9. The molecule has 0 aliphatic rings. The number of carboxylic acids is 1. The van der Waals surface area contributed by atoms with E-state index in [9.17, 15) is 9.18 Å². The van der Waals surface area contributed by atoms with Crippen LogP contribution >= 0.6 is 0 Å². The third kappa shape index (κ3) is 3.42. The van der Waals surface area contributed by atoms with E-state index in [1.54, 1.807) is 0 Å². The van der Waals surface area contributed by atoms with E-state index in [1.807, 2.05) is 0 Å². The number of methoxy groups -OCH3 is 1. The molecule has 0 aromatic heterocycles. The maximum Gasteiger partial charge on any atom is 0.327 e. The first-order chi connectivity index (χ1) is 7.13. The Balaban J connectivity index is 2.82. The number of allylic oxidation sites excluding steroid dienone is 1. The average molecular weight is 210 g/mol. The smallest absolute Gasteiger partial charge is 0.327 e. The Kier molecular flexibility index (Phi) is 3.85. The van der Waals surface area contributed by atoms with Crippen molar-refractivity contribution in [3.05, 3.63) is 41.7 Å². The molecule has 0 heterocycles. The second kappa shape index (κ2) is 5.14. The van der Waals surface area contributed by atoms with Crippen LogP contribution in [0, 0.1) is 5.82 Å². The Hall–Kier alpha value is -1.84. The maximum absolute atomic E-state index is 12.9. The fraction of sp³-hybridized carbons (Fsp3) is 0.182. The minimum Gasteiger partial charge on any atom is -0.496 e. The zero-order valence-electron chi connectivity index (χ0n) is 8.24. The molecule has 0 fully saturated rings. The van der Waals surface area contributed by atoms with Gasteiger partial charge in [-0.2, -0.15) is 0 Å². The first-order valence-corrected chi connectivity index (χ1v) is 4.35. The number of ether oxygens (including phenoxy) is 1. The fourth-order valence-corrected chi connectivity index (χ4v) is 1.19. The molecule has 1 N–H and O–H groups in total. The molecule has 0 aliphatic carbocycles. The molecule has 4 heteroatoms. The van der Waals surface area contributed by atoms with E-state index >= 15 is 0 Å². The number of carboxylic acid groups (broad SMARTS) is 1. The van der Waals surface area contributed by atoms with Gasteiger partial charge in [-0.15, -0.1) is 0 Å². The van der Waals surface area contributed by atoms with Gasteiger partial charge in [0.05, 0.1) is 7.11 Å². The van der Waals surface area contributed by atoms with E-state index in [-0.39, 0.29) is 5.82 Å². The molecule has 0 saturated heterocycles. The van der Waals surface area contributed by atoms with Crippen molar-refractivity contribution in [2.24, 2.45) is 0 Å². The number of rotatable bonds is 4. The summed E-state index contributed by atoms with van der Waals surface area (Å²) in [5.41, 5.74) is 0.620. The second-order valence-corrected chi connectivity index (χ2v) is 2.90. The summed E-state index contributed by atoms with van der Waals surface area (Å²) >= 11 is 0. The Labute approximate surface area is 86.8 Å². The lowest BCUT2D eigenvalue weighted by Crippen LogP contribution is -1.93. The van der Waals surface area contributed by atoms with Crippen molar-refractivity contribution in [3.63, 3.8) is 0 Å². The standard InChI is InChI=1S/C11H11FO3/c1-15-10-6-5-9(12)7-8(10)3-2-4-11(13)14/h2,4-7H,3H2,1H3,(H,13,14)/b4-2+. The predicted molar refractivity (Wildman–Crippen MR) is 53.4 cm³/mol. The molecule has 1 aromatic carbocycles. The van der Waals surface area contributed by atoms with Crippen LogP contribution in [0.1, 0.15) is 5.56 Å². The van der Waals surface area contributed by atoms with Gasteiger partial charge in [0.25, 0.3) is 0 Å². The third-order valence-electron chi connectivity index (χ3n) is 1.84. The number of halogens is 1. The van der Waals surface area contributed by atoms with Gasteiger partial charge in [0.2, 0.25) is 0 Å². The zero-order valence-corrected chi connectivity index (χ0v) is 8.24. The van der Waals surface area contributed by atoms with Crippen LogP contribution in [0.15, 0.2) is 30.4 Å². The summed E-state index contributed by atoms with van der Waals surface area (Å²) in [7, 11) is 1.48. The van der Waals surface area contributed by atoms with Crippen molar-refractivity contribution in [1.29, 1.82) is 0 Å². The van der Waals surface area contributed by atoms with Crippen LogP contribution in [0.4, 0.5) is 4.39 Å².